The Morgan fingerprint density at radius 3 is 2.89 bits per heavy atom. The highest BCUT2D eigenvalue weighted by Crippen LogP contribution is 2.37. The van der Waals surface area contributed by atoms with Crippen LogP contribution in [-0.4, -0.2) is 17.2 Å². The van der Waals surface area contributed by atoms with E-state index in [1.807, 2.05) is 18.2 Å². The van der Waals surface area contributed by atoms with Gasteiger partial charge in [-0.1, -0.05) is 31.9 Å². The number of hydrogen-bond acceptors (Lipinski definition) is 2. The second-order valence-electron chi connectivity index (χ2n) is 4.67. The largest absolute Gasteiger partial charge is 0.484 e. The predicted molar refractivity (Wildman–Crippen MR) is 78.3 cm³/mol. The van der Waals surface area contributed by atoms with Crippen molar-refractivity contribution in [3.8, 4) is 5.75 Å². The molecular weight excluding hydrogens is 308 g/mol. The van der Waals surface area contributed by atoms with Crippen LogP contribution < -0.4 is 4.74 Å². The summed E-state index contributed by atoms with van der Waals surface area (Å²) in [5, 5.41) is 9.30. The number of carbonyl (C=O) groups is 1. The van der Waals surface area contributed by atoms with Gasteiger partial charge in [-0.15, -0.1) is 0 Å². The molecule has 102 valence electrons. The molecule has 0 radical (unpaired) electrons. The average Bonchev–Trinajstić information content (AvgIpc) is 2.39. The van der Waals surface area contributed by atoms with E-state index >= 15 is 0 Å². The molecule has 0 fully saturated rings. The molecule has 0 amide bonds. The van der Waals surface area contributed by atoms with Crippen LogP contribution in [0.2, 0.25) is 0 Å². The van der Waals surface area contributed by atoms with Crippen molar-refractivity contribution in [3.63, 3.8) is 0 Å². The molecule has 1 aromatic carbocycles. The standard InChI is InChI=1S/C15H17BrO3/c1-2-3-4-8-13-11(15(17)18)9-10-6-5-7-12(16)14(10)19-13/h5-7,9,13H,2-4,8H2,1H3,(H,17,18). The number of unbranched alkanes of at least 4 members (excludes halogenated alkanes) is 2. The fourth-order valence-corrected chi connectivity index (χ4v) is 2.70. The predicted octanol–water partition coefficient (Wildman–Crippen LogP) is 4.26. The molecule has 0 aliphatic carbocycles. The van der Waals surface area contributed by atoms with Crippen molar-refractivity contribution in [2.75, 3.05) is 0 Å². The average molecular weight is 325 g/mol. The van der Waals surface area contributed by atoms with E-state index in [2.05, 4.69) is 22.9 Å². The Hall–Kier alpha value is -1.29. The number of para-hydroxylation sites is 1. The molecule has 3 nitrogen and oxygen atoms in total. The normalized spacial score (nSPS) is 17.4. The van der Waals surface area contributed by atoms with Crippen LogP contribution in [0.5, 0.6) is 5.75 Å². The summed E-state index contributed by atoms with van der Waals surface area (Å²) >= 11 is 3.45. The van der Waals surface area contributed by atoms with Crippen LogP contribution in [0.3, 0.4) is 0 Å². The molecule has 1 aliphatic rings. The van der Waals surface area contributed by atoms with E-state index < -0.39 is 5.97 Å². The Morgan fingerprint density at radius 2 is 2.21 bits per heavy atom. The molecule has 1 aromatic rings. The van der Waals surface area contributed by atoms with Gasteiger partial charge in [0.1, 0.15) is 11.9 Å². The van der Waals surface area contributed by atoms with Crippen molar-refractivity contribution in [1.82, 2.24) is 0 Å². The molecule has 1 heterocycles. The number of halogens is 1. The first-order valence-corrected chi connectivity index (χ1v) is 7.32. The Morgan fingerprint density at radius 1 is 1.42 bits per heavy atom. The van der Waals surface area contributed by atoms with Crippen LogP contribution in [-0.2, 0) is 4.79 Å². The van der Waals surface area contributed by atoms with E-state index in [1.165, 1.54) is 0 Å². The number of hydrogen-bond donors (Lipinski definition) is 1. The molecule has 0 saturated carbocycles. The zero-order valence-corrected chi connectivity index (χ0v) is 12.4. The second-order valence-corrected chi connectivity index (χ2v) is 5.52. The van der Waals surface area contributed by atoms with Crippen LogP contribution in [0.25, 0.3) is 6.08 Å². The van der Waals surface area contributed by atoms with Crippen LogP contribution in [0, 0.1) is 0 Å². The Kier molecular flexibility index (Phi) is 4.64. The smallest absolute Gasteiger partial charge is 0.335 e. The number of rotatable bonds is 5. The molecule has 4 heteroatoms. The van der Waals surface area contributed by atoms with Crippen molar-refractivity contribution in [1.29, 1.82) is 0 Å². The number of fused-ring (bicyclic) bond motifs is 1. The lowest BCUT2D eigenvalue weighted by Crippen LogP contribution is -2.27. The van der Waals surface area contributed by atoms with Gasteiger partial charge in [0.25, 0.3) is 0 Å². The summed E-state index contributed by atoms with van der Waals surface area (Å²) in [7, 11) is 0. The lowest BCUT2D eigenvalue weighted by atomic mass is 9.97. The number of benzene rings is 1. The van der Waals surface area contributed by atoms with Crippen molar-refractivity contribution in [2.45, 2.75) is 38.7 Å². The molecule has 2 rings (SSSR count). The molecule has 19 heavy (non-hydrogen) atoms. The van der Waals surface area contributed by atoms with E-state index in [0.29, 0.717) is 5.57 Å². The van der Waals surface area contributed by atoms with Crippen molar-refractivity contribution in [3.05, 3.63) is 33.8 Å². The topological polar surface area (TPSA) is 46.5 Å². The van der Waals surface area contributed by atoms with Gasteiger partial charge in [0, 0.05) is 5.56 Å². The zero-order valence-electron chi connectivity index (χ0n) is 10.9. The summed E-state index contributed by atoms with van der Waals surface area (Å²) in [6.07, 6.45) is 5.30. The summed E-state index contributed by atoms with van der Waals surface area (Å²) in [5.41, 5.74) is 1.17. The quantitative estimate of drug-likeness (QED) is 0.823. The lowest BCUT2D eigenvalue weighted by molar-refractivity contribution is -0.133. The maximum Gasteiger partial charge on any atom is 0.335 e. The Balaban J connectivity index is 2.27. The monoisotopic (exact) mass is 324 g/mol. The number of ether oxygens (including phenoxy) is 1. The van der Waals surface area contributed by atoms with E-state index in [0.717, 1.165) is 41.5 Å². The third-order valence-electron chi connectivity index (χ3n) is 3.23. The van der Waals surface area contributed by atoms with E-state index in [4.69, 9.17) is 4.74 Å². The number of carboxylic acid groups (broad SMARTS) is 1. The van der Waals surface area contributed by atoms with E-state index in [1.54, 1.807) is 6.08 Å². The van der Waals surface area contributed by atoms with E-state index in [-0.39, 0.29) is 6.10 Å². The van der Waals surface area contributed by atoms with Gasteiger partial charge in [-0.2, -0.15) is 0 Å². The maximum absolute atomic E-state index is 11.3. The van der Waals surface area contributed by atoms with Crippen LogP contribution in [0.1, 0.15) is 38.2 Å². The van der Waals surface area contributed by atoms with Crippen molar-refractivity contribution >= 4 is 28.0 Å². The SMILES string of the molecule is CCCCCC1Oc2c(Br)cccc2C=C1C(=O)O. The van der Waals surface area contributed by atoms with Gasteiger partial charge < -0.3 is 9.84 Å². The summed E-state index contributed by atoms with van der Waals surface area (Å²) in [6.45, 7) is 2.13. The highest BCUT2D eigenvalue weighted by Gasteiger charge is 2.28. The molecule has 1 unspecified atom stereocenters. The number of carboxylic acids is 1. The van der Waals surface area contributed by atoms with Crippen molar-refractivity contribution in [2.24, 2.45) is 0 Å². The first kappa shape index (κ1) is 14.1. The highest BCUT2D eigenvalue weighted by atomic mass is 79.9. The van der Waals surface area contributed by atoms with Crippen LogP contribution in [0.4, 0.5) is 0 Å². The summed E-state index contributed by atoms with van der Waals surface area (Å²) < 4.78 is 6.75. The first-order chi connectivity index (χ1) is 9.13. The Labute approximate surface area is 121 Å². The minimum Gasteiger partial charge on any atom is -0.484 e. The molecule has 0 saturated heterocycles. The maximum atomic E-state index is 11.3. The van der Waals surface area contributed by atoms with Gasteiger partial charge >= 0.3 is 5.97 Å². The van der Waals surface area contributed by atoms with Gasteiger partial charge in [-0.3, -0.25) is 0 Å². The first-order valence-electron chi connectivity index (χ1n) is 6.53. The fraction of sp³-hybridized carbons (Fsp3) is 0.400. The van der Waals surface area contributed by atoms with Gasteiger partial charge in [0.05, 0.1) is 10.0 Å². The van der Waals surface area contributed by atoms with E-state index in [9.17, 15) is 9.90 Å². The summed E-state index contributed by atoms with van der Waals surface area (Å²) in [4.78, 5) is 11.3. The molecule has 1 aliphatic heterocycles. The lowest BCUT2D eigenvalue weighted by Gasteiger charge is -2.26. The molecule has 1 N–H and O–H groups in total. The number of aliphatic carboxylic acids is 1. The molecular formula is C15H17BrO3. The summed E-state index contributed by atoms with van der Waals surface area (Å²) in [5.74, 6) is -0.152. The van der Waals surface area contributed by atoms with Crippen LogP contribution in [0.15, 0.2) is 28.2 Å². The van der Waals surface area contributed by atoms with Crippen LogP contribution >= 0.6 is 15.9 Å². The van der Waals surface area contributed by atoms with Crippen molar-refractivity contribution < 1.29 is 14.6 Å². The zero-order chi connectivity index (χ0) is 13.8. The molecule has 1 atom stereocenters. The molecule has 0 bridgehead atoms. The minimum absolute atomic E-state index is 0.349. The molecule has 0 spiro atoms. The van der Waals surface area contributed by atoms with Gasteiger partial charge in [-0.25, -0.2) is 4.79 Å². The second kappa shape index (κ2) is 6.24. The fourth-order valence-electron chi connectivity index (χ4n) is 2.22. The van der Waals surface area contributed by atoms with Gasteiger partial charge in [-0.05, 0) is 40.9 Å². The van der Waals surface area contributed by atoms with Gasteiger partial charge in [0.2, 0.25) is 0 Å². The third kappa shape index (κ3) is 3.18. The summed E-state index contributed by atoms with van der Waals surface area (Å²) in [6, 6.07) is 5.65. The molecule has 0 aromatic heterocycles. The Bertz CT molecular complexity index is 508. The minimum atomic E-state index is -0.896. The van der Waals surface area contributed by atoms with Gasteiger partial charge in [0.15, 0.2) is 0 Å². The third-order valence-corrected chi connectivity index (χ3v) is 3.86. The highest BCUT2D eigenvalue weighted by molar-refractivity contribution is 9.10.